The Hall–Kier alpha value is -4.13. The van der Waals surface area contributed by atoms with Crippen molar-refractivity contribution < 1.29 is 18.7 Å². The van der Waals surface area contributed by atoms with Crippen LogP contribution < -0.4 is 10.5 Å². The third kappa shape index (κ3) is 6.49. The molecule has 10 nitrogen and oxygen atoms in total. The maximum atomic E-state index is 16.4. The lowest BCUT2D eigenvalue weighted by Gasteiger charge is -2.31. The third-order valence-corrected chi connectivity index (χ3v) is 12.6. The molecule has 0 saturated carbocycles. The van der Waals surface area contributed by atoms with Gasteiger partial charge in [-0.05, 0) is 83.5 Å². The Labute approximate surface area is 287 Å². The Morgan fingerprint density at radius 2 is 1.92 bits per heavy atom. The van der Waals surface area contributed by atoms with E-state index < -0.39 is 31.6 Å². The number of carbonyl (C=O) groups excluding carboxylic acids is 1. The first-order valence-corrected chi connectivity index (χ1v) is 20.1. The number of halogens is 1. The normalized spacial score (nSPS) is 22.4. The Bertz CT molecular complexity index is 1970. The first-order valence-electron chi connectivity index (χ1n) is 17.2. The maximum Gasteiger partial charge on any atom is 0.279 e. The minimum absolute atomic E-state index is 0.0248. The summed E-state index contributed by atoms with van der Waals surface area (Å²) in [6, 6.07) is 12.9. The van der Waals surface area contributed by atoms with Gasteiger partial charge in [-0.2, -0.15) is 0 Å². The van der Waals surface area contributed by atoms with Gasteiger partial charge in [-0.1, -0.05) is 47.6 Å². The van der Waals surface area contributed by atoms with E-state index in [4.69, 9.17) is 4.74 Å². The Balaban J connectivity index is 1.41. The number of benzene rings is 2. The number of allylic oxidation sites excluding steroid dienone is 3. The molecule has 2 aliphatic heterocycles. The van der Waals surface area contributed by atoms with Gasteiger partial charge in [-0.15, -0.1) is 5.10 Å². The number of carbonyl (C=O) groups is 1. The molecular formula is C37H47FN6O4Si. The van der Waals surface area contributed by atoms with Crippen molar-refractivity contribution in [3.8, 4) is 5.69 Å². The predicted molar refractivity (Wildman–Crippen MR) is 192 cm³/mol. The Kier molecular flexibility index (Phi) is 9.67. The van der Waals surface area contributed by atoms with Crippen molar-refractivity contribution in [2.24, 2.45) is 5.92 Å². The highest BCUT2D eigenvalue weighted by atomic mass is 28.4. The molecule has 6 rings (SSSR count). The summed E-state index contributed by atoms with van der Waals surface area (Å²) in [7, 11) is -3.38. The molecule has 2 aromatic carbocycles. The van der Waals surface area contributed by atoms with Gasteiger partial charge < -0.3 is 18.9 Å². The molecule has 2 N–H and O–H groups in total. The van der Waals surface area contributed by atoms with Crippen LogP contribution >= 0.6 is 0 Å². The summed E-state index contributed by atoms with van der Waals surface area (Å²) >= 11 is 0. The molecule has 2 aromatic heterocycles. The molecule has 260 valence electrons. The summed E-state index contributed by atoms with van der Waals surface area (Å²) < 4.78 is 26.6. The molecule has 4 heterocycles. The van der Waals surface area contributed by atoms with E-state index in [1.54, 1.807) is 34.9 Å². The van der Waals surface area contributed by atoms with Gasteiger partial charge in [-0.25, -0.2) is 4.68 Å². The van der Waals surface area contributed by atoms with Gasteiger partial charge in [0.05, 0.1) is 34.1 Å². The summed E-state index contributed by atoms with van der Waals surface area (Å²) in [5.41, 5.74) is 3.67. The van der Waals surface area contributed by atoms with Crippen LogP contribution in [0.1, 0.15) is 58.2 Å². The fourth-order valence-electron chi connectivity index (χ4n) is 7.74. The quantitative estimate of drug-likeness (QED) is 0.102. The average molecular weight is 687 g/mol. The molecule has 2 aliphatic rings. The van der Waals surface area contributed by atoms with Crippen molar-refractivity contribution >= 4 is 30.9 Å². The molecule has 0 radical (unpaired) electrons. The van der Waals surface area contributed by atoms with Gasteiger partial charge >= 0.3 is 0 Å². The van der Waals surface area contributed by atoms with Crippen molar-refractivity contribution in [2.75, 3.05) is 18.1 Å². The number of fused-ring (bicyclic) bond motifs is 3. The van der Waals surface area contributed by atoms with E-state index >= 15 is 4.11 Å². The van der Waals surface area contributed by atoms with Crippen LogP contribution in [0, 0.1) is 5.92 Å². The van der Waals surface area contributed by atoms with E-state index in [2.05, 4.69) is 48.3 Å². The first-order chi connectivity index (χ1) is 23.3. The zero-order valence-electron chi connectivity index (χ0n) is 29.2. The molecule has 4 atom stereocenters. The average Bonchev–Trinajstić information content (AvgIpc) is 3.78. The van der Waals surface area contributed by atoms with Crippen LogP contribution in [0.3, 0.4) is 0 Å². The Morgan fingerprint density at radius 1 is 1.14 bits per heavy atom. The highest BCUT2D eigenvalue weighted by Crippen LogP contribution is 2.60. The number of aliphatic hydroxyl groups is 1. The molecule has 0 unspecified atom stereocenters. The zero-order chi connectivity index (χ0) is 35.1. The van der Waals surface area contributed by atoms with E-state index in [9.17, 15) is 14.7 Å². The smallest absolute Gasteiger partial charge is 0.279 e. The van der Waals surface area contributed by atoms with Gasteiger partial charge in [0.2, 0.25) is 8.41 Å². The van der Waals surface area contributed by atoms with E-state index in [0.717, 1.165) is 12.8 Å². The lowest BCUT2D eigenvalue weighted by Crippen LogP contribution is -2.45. The number of amides is 1. The topological polar surface area (TPSA) is 118 Å². The predicted octanol–water partition coefficient (Wildman–Crippen LogP) is 6.35. The summed E-state index contributed by atoms with van der Waals surface area (Å²) in [6.45, 7) is 12.3. The second-order valence-electron chi connectivity index (χ2n) is 14.3. The SMILES string of the molecule is CC(C)=CCC/C(C)=C/CN1C(=O)[C@]2(O[C@H](CCn3cc(CCO)nn3)[C@@H]([Si](C)(C)F)[C@@H]2C)c2cc(-n3[nH]c4ccccc4c3=O)ccc21. The number of anilines is 1. The molecule has 12 heteroatoms. The number of para-hydroxylation sites is 1. The van der Waals surface area contributed by atoms with Gasteiger partial charge in [0.1, 0.15) is 0 Å². The number of nitrogens with zero attached hydrogens (tertiary/aromatic N) is 5. The monoisotopic (exact) mass is 686 g/mol. The van der Waals surface area contributed by atoms with Gasteiger partial charge in [-0.3, -0.25) is 19.4 Å². The number of aliphatic hydroxyl groups excluding tert-OH is 1. The maximum absolute atomic E-state index is 16.4. The Morgan fingerprint density at radius 3 is 2.63 bits per heavy atom. The first kappa shape index (κ1) is 34.7. The van der Waals surface area contributed by atoms with Gasteiger partial charge in [0.15, 0.2) is 5.60 Å². The fourth-order valence-corrected chi connectivity index (χ4v) is 10.3. The number of aryl methyl sites for hydroxylation is 1. The van der Waals surface area contributed by atoms with E-state index in [-0.39, 0.29) is 18.1 Å². The van der Waals surface area contributed by atoms with Crippen LogP contribution in [0.2, 0.25) is 18.6 Å². The summed E-state index contributed by atoms with van der Waals surface area (Å²) in [6.07, 6.45) is 8.18. The second-order valence-corrected chi connectivity index (χ2v) is 18.1. The number of rotatable bonds is 12. The van der Waals surface area contributed by atoms with Crippen LogP contribution in [-0.2, 0) is 28.1 Å². The van der Waals surface area contributed by atoms with Gasteiger partial charge in [0.25, 0.3) is 11.5 Å². The highest BCUT2D eigenvalue weighted by Gasteiger charge is 2.66. The number of ether oxygens (including phenoxy) is 1. The van der Waals surface area contributed by atoms with E-state index in [0.29, 0.717) is 59.5 Å². The largest absolute Gasteiger partial charge is 0.396 e. The molecule has 4 aromatic rings. The molecule has 1 spiro atoms. The van der Waals surface area contributed by atoms with E-state index in [1.165, 1.54) is 15.8 Å². The number of aromatic nitrogens is 5. The fraction of sp³-hybridized carbons (Fsp3) is 0.459. The summed E-state index contributed by atoms with van der Waals surface area (Å²) in [5.74, 6) is -0.681. The number of aromatic amines is 1. The molecule has 1 amide bonds. The lowest BCUT2D eigenvalue weighted by atomic mass is 9.82. The highest BCUT2D eigenvalue weighted by molar-refractivity contribution is 6.72. The summed E-state index contributed by atoms with van der Waals surface area (Å²) in [4.78, 5) is 30.1. The third-order valence-electron chi connectivity index (χ3n) is 10.1. The van der Waals surface area contributed by atoms with Crippen LogP contribution in [0.25, 0.3) is 16.6 Å². The van der Waals surface area contributed by atoms with Crippen molar-refractivity contribution in [3.05, 3.63) is 93.6 Å². The number of hydrogen-bond donors (Lipinski definition) is 2. The molecular weight excluding hydrogens is 640 g/mol. The molecule has 49 heavy (non-hydrogen) atoms. The van der Waals surface area contributed by atoms with Crippen molar-refractivity contribution in [1.29, 1.82) is 0 Å². The zero-order valence-corrected chi connectivity index (χ0v) is 30.2. The number of hydrogen-bond acceptors (Lipinski definition) is 6. The molecule has 1 saturated heterocycles. The molecule has 1 fully saturated rings. The number of nitrogens with one attached hydrogen (secondary N) is 1. The summed E-state index contributed by atoms with van der Waals surface area (Å²) in [5, 5.41) is 21.4. The van der Waals surface area contributed by atoms with Crippen LogP contribution in [0.4, 0.5) is 9.80 Å². The second kappa shape index (κ2) is 13.6. The van der Waals surface area contributed by atoms with Gasteiger partial charge in [0, 0.05) is 49.3 Å². The van der Waals surface area contributed by atoms with Crippen molar-refractivity contribution in [3.63, 3.8) is 0 Å². The minimum Gasteiger partial charge on any atom is -0.396 e. The van der Waals surface area contributed by atoms with Crippen LogP contribution in [-0.4, -0.2) is 63.5 Å². The minimum atomic E-state index is -3.38. The van der Waals surface area contributed by atoms with Crippen LogP contribution in [0.5, 0.6) is 0 Å². The van der Waals surface area contributed by atoms with E-state index in [1.807, 2.05) is 43.3 Å². The standard InChI is InChI=1S/C37H47FN6O4Si/c1-24(2)10-9-11-25(3)16-20-43-32-15-14-28(44-35(46)29-12-7-8-13-31(29)40-44)22-30(32)37(36(43)47)26(4)34(49(5,6)38)33(48-37)17-19-42-23-27(18-21-45)39-41-42/h7-8,10,12-16,22-23,26,33-34,40,45H,9,11,17-21H2,1-6H3/b25-16+/t26-,33+,34-,37+/m0/s1. The molecule has 0 bridgehead atoms. The number of H-pyrrole nitrogens is 1. The van der Waals surface area contributed by atoms with Crippen molar-refractivity contribution in [2.45, 2.75) is 90.3 Å². The van der Waals surface area contributed by atoms with Crippen molar-refractivity contribution in [1.82, 2.24) is 24.8 Å². The lowest BCUT2D eigenvalue weighted by molar-refractivity contribution is -0.145. The van der Waals surface area contributed by atoms with Crippen LogP contribution in [0.15, 0.2) is 76.8 Å². The molecule has 0 aliphatic carbocycles.